The Morgan fingerprint density at radius 3 is 2.41 bits per heavy atom. The van der Waals surface area contributed by atoms with E-state index in [4.69, 9.17) is 5.73 Å². The highest BCUT2D eigenvalue weighted by Crippen LogP contribution is 2.54. The van der Waals surface area contributed by atoms with Crippen LogP contribution in [0.5, 0.6) is 5.75 Å². The molecule has 0 aromatic heterocycles. The highest BCUT2D eigenvalue weighted by Gasteiger charge is 2.69. The average Bonchev–Trinajstić information content (AvgIpc) is 2.84. The third kappa shape index (κ3) is 3.55. The lowest BCUT2D eigenvalue weighted by atomic mass is 9.50. The van der Waals surface area contributed by atoms with Gasteiger partial charge in [-0.3, -0.25) is 24.0 Å². The Morgan fingerprint density at radius 2 is 1.78 bits per heavy atom. The predicted octanol–water partition coefficient (Wildman–Crippen LogP) is -0.635. The van der Waals surface area contributed by atoms with Gasteiger partial charge >= 0.3 is 0 Å². The quantitative estimate of drug-likeness (QED) is 0.257. The third-order valence-corrected chi connectivity index (χ3v) is 8.94. The Bertz CT molecular complexity index is 1220. The van der Waals surface area contributed by atoms with E-state index in [1.807, 2.05) is 7.05 Å². The van der Waals surface area contributed by atoms with Crippen LogP contribution in [-0.2, 0) is 19.2 Å². The van der Waals surface area contributed by atoms with Crippen LogP contribution in [0.1, 0.15) is 48.0 Å². The number of phenols is 1. The Morgan fingerprint density at radius 1 is 1.14 bits per heavy atom. The minimum Gasteiger partial charge on any atom is -0.505 e. The van der Waals surface area contributed by atoms with Gasteiger partial charge in [0.05, 0.1) is 23.3 Å². The molecule has 1 aliphatic heterocycles. The van der Waals surface area contributed by atoms with E-state index in [9.17, 15) is 39.3 Å². The van der Waals surface area contributed by atoms with Gasteiger partial charge < -0.3 is 31.3 Å². The average molecular weight is 514 g/mol. The maximum atomic E-state index is 13.8. The van der Waals surface area contributed by atoms with Crippen molar-refractivity contribution in [3.63, 3.8) is 0 Å². The van der Waals surface area contributed by atoms with E-state index in [0.29, 0.717) is 11.3 Å². The highest BCUT2D eigenvalue weighted by molar-refractivity contribution is 6.31. The van der Waals surface area contributed by atoms with Gasteiger partial charge in [-0.05, 0) is 50.5 Å². The number of nitrogens with two attached hydrogens (primary N) is 1. The van der Waals surface area contributed by atoms with Gasteiger partial charge in [0.1, 0.15) is 5.75 Å². The van der Waals surface area contributed by atoms with Crippen LogP contribution in [0.25, 0.3) is 0 Å². The van der Waals surface area contributed by atoms with E-state index in [2.05, 4.69) is 10.2 Å². The number of carbonyl (C=O) groups is 5. The summed E-state index contributed by atoms with van der Waals surface area (Å²) < 4.78 is 0. The third-order valence-electron chi connectivity index (χ3n) is 8.94. The molecular formula is C26H31N3O8. The molecule has 11 heteroatoms. The Balaban J connectivity index is 1.55. The number of carbonyl (C=O) groups excluding carboxylic acids is 5. The number of Topliss-reactive ketones (excluding diaryl/α,β-unsaturated/α-hetero) is 4. The predicted molar refractivity (Wildman–Crippen MR) is 129 cm³/mol. The molecule has 1 saturated heterocycles. The first-order valence-corrected chi connectivity index (χ1v) is 12.6. The summed E-state index contributed by atoms with van der Waals surface area (Å²) >= 11 is 0. The number of likely N-dealkylation sites (tertiary alicyclic amines) is 1. The second-order valence-corrected chi connectivity index (χ2v) is 11.0. The van der Waals surface area contributed by atoms with Crippen molar-refractivity contribution in [1.29, 1.82) is 0 Å². The lowest BCUT2D eigenvalue weighted by molar-refractivity contribution is -0.189. The summed E-state index contributed by atoms with van der Waals surface area (Å²) in [6, 6.07) is 3.41. The zero-order chi connectivity index (χ0) is 27.0. The maximum Gasteiger partial charge on any atom is 0.235 e. The number of benzene rings is 1. The van der Waals surface area contributed by atoms with Gasteiger partial charge in [0, 0.05) is 24.3 Å². The summed E-state index contributed by atoms with van der Waals surface area (Å²) in [4.78, 5) is 67.0. The van der Waals surface area contributed by atoms with Crippen LogP contribution in [-0.4, -0.2) is 87.1 Å². The molecule has 7 atom stereocenters. The molecule has 4 aliphatic rings. The molecule has 1 aromatic rings. The van der Waals surface area contributed by atoms with Crippen molar-refractivity contribution in [3.05, 3.63) is 23.3 Å². The molecule has 0 bridgehead atoms. The maximum absolute atomic E-state index is 13.8. The number of piperidine rings is 1. The van der Waals surface area contributed by atoms with Crippen molar-refractivity contribution in [1.82, 2.24) is 4.90 Å². The lowest BCUT2D eigenvalue weighted by Gasteiger charge is -2.52. The minimum atomic E-state index is -2.92. The largest absolute Gasteiger partial charge is 0.505 e. The zero-order valence-corrected chi connectivity index (χ0v) is 20.6. The molecule has 6 N–H and O–H groups in total. The highest BCUT2D eigenvalue weighted by atomic mass is 16.3. The van der Waals surface area contributed by atoms with Crippen LogP contribution in [0.3, 0.4) is 0 Å². The molecule has 37 heavy (non-hydrogen) atoms. The molecule has 1 heterocycles. The summed E-state index contributed by atoms with van der Waals surface area (Å²) in [5.41, 5.74) is 2.95. The number of primary amides is 1. The smallest absolute Gasteiger partial charge is 0.235 e. The van der Waals surface area contributed by atoms with Gasteiger partial charge in [0.2, 0.25) is 5.91 Å². The van der Waals surface area contributed by atoms with Gasteiger partial charge in [0.25, 0.3) is 0 Å². The Kier molecular flexibility index (Phi) is 6.00. The van der Waals surface area contributed by atoms with Crippen LogP contribution in [0.2, 0.25) is 0 Å². The fraction of sp³-hybridized carbons (Fsp3) is 0.577. The number of amides is 1. The van der Waals surface area contributed by atoms with Crippen LogP contribution in [0.15, 0.2) is 12.1 Å². The van der Waals surface area contributed by atoms with Crippen molar-refractivity contribution in [2.24, 2.45) is 29.4 Å². The molecule has 2 saturated carbocycles. The standard InChI is InChI=1S/C26H31N3O8/c1-10-12-3-4-14(28-11-5-7-29(2)8-6-11)21(32)17(12)22(33)19-16(10)20(31)13-9-15(30)18(25(27)36)23(34)26(13,37)24(19)35/h3-4,10-11,13,16,18-20,28,31-32,37H,5-9H2,1-2H3,(H2,27,36)/t10-,13+,16+,18?,19?,20+,26+/m0/s1. The van der Waals surface area contributed by atoms with E-state index in [1.54, 1.807) is 19.1 Å². The summed E-state index contributed by atoms with van der Waals surface area (Å²) in [7, 11) is 2.02. The molecule has 0 spiro atoms. The molecule has 2 unspecified atom stereocenters. The van der Waals surface area contributed by atoms with E-state index in [-0.39, 0.29) is 17.4 Å². The second kappa shape index (κ2) is 8.71. The number of aliphatic hydroxyl groups is 2. The first-order chi connectivity index (χ1) is 17.4. The normalized spacial score (nSPS) is 36.5. The van der Waals surface area contributed by atoms with E-state index in [0.717, 1.165) is 25.9 Å². The summed E-state index contributed by atoms with van der Waals surface area (Å²) in [6.45, 7) is 3.43. The number of hydrogen-bond donors (Lipinski definition) is 5. The van der Waals surface area contributed by atoms with Gasteiger partial charge in [0.15, 0.2) is 34.7 Å². The number of nitrogens with zero attached hydrogens (tertiary/aromatic N) is 1. The molecule has 3 fully saturated rings. The van der Waals surface area contributed by atoms with Gasteiger partial charge in [-0.25, -0.2) is 0 Å². The van der Waals surface area contributed by atoms with Crippen molar-refractivity contribution in [2.75, 3.05) is 25.5 Å². The number of nitrogens with one attached hydrogen (secondary N) is 1. The molecule has 1 amide bonds. The molecule has 11 nitrogen and oxygen atoms in total. The van der Waals surface area contributed by atoms with E-state index >= 15 is 0 Å². The van der Waals surface area contributed by atoms with Crippen LogP contribution >= 0.6 is 0 Å². The minimum absolute atomic E-state index is 0.0757. The topological polar surface area (TPSA) is 187 Å². The van der Waals surface area contributed by atoms with Gasteiger partial charge in [-0.1, -0.05) is 13.0 Å². The number of aromatic hydroxyl groups is 1. The van der Waals surface area contributed by atoms with Crippen LogP contribution < -0.4 is 11.1 Å². The first-order valence-electron chi connectivity index (χ1n) is 12.6. The fourth-order valence-electron chi connectivity index (χ4n) is 6.84. The fourth-order valence-corrected chi connectivity index (χ4v) is 6.84. The molecule has 5 rings (SSSR count). The van der Waals surface area contributed by atoms with Crippen molar-refractivity contribution < 1.29 is 39.3 Å². The monoisotopic (exact) mass is 513 g/mol. The number of hydrogen-bond acceptors (Lipinski definition) is 10. The Hall–Kier alpha value is -3.15. The first kappa shape index (κ1) is 25.5. The number of phenolic OH excluding ortho intramolecular Hbond substituents is 1. The number of fused-ring (bicyclic) bond motifs is 3. The Labute approximate surface area is 213 Å². The zero-order valence-electron chi connectivity index (χ0n) is 20.6. The summed E-state index contributed by atoms with van der Waals surface area (Å²) in [5, 5.41) is 37.0. The summed E-state index contributed by atoms with van der Waals surface area (Å²) in [5.74, 6) is -12.7. The van der Waals surface area contributed by atoms with Crippen LogP contribution in [0.4, 0.5) is 5.69 Å². The molecule has 198 valence electrons. The molecular weight excluding hydrogens is 482 g/mol. The van der Waals surface area contributed by atoms with Gasteiger partial charge in [-0.2, -0.15) is 0 Å². The molecule has 3 aliphatic carbocycles. The SMILES string of the molecule is C[C@H]1c2ccc(NC3CCN(C)CC3)c(O)c2C(=O)C2C(=O)[C@]3(O)C(=O)C(C(N)=O)C(=O)C[C@@H]3[C@@H](O)[C@@H]21. The van der Waals surface area contributed by atoms with Crippen LogP contribution in [0, 0.1) is 23.7 Å². The second-order valence-electron chi connectivity index (χ2n) is 11.0. The van der Waals surface area contributed by atoms with E-state index in [1.165, 1.54) is 0 Å². The lowest BCUT2D eigenvalue weighted by Crippen LogP contribution is -2.72. The number of rotatable bonds is 3. The molecule has 1 aromatic carbocycles. The van der Waals surface area contributed by atoms with E-state index < -0.39 is 76.8 Å². The number of ketones is 4. The molecule has 0 radical (unpaired) electrons. The number of anilines is 1. The van der Waals surface area contributed by atoms with Crippen molar-refractivity contribution in [2.45, 2.75) is 49.9 Å². The summed E-state index contributed by atoms with van der Waals surface area (Å²) in [6.07, 6.45) is -0.503. The van der Waals surface area contributed by atoms with Crippen molar-refractivity contribution >= 4 is 34.7 Å². The van der Waals surface area contributed by atoms with Crippen molar-refractivity contribution in [3.8, 4) is 5.75 Å². The van der Waals surface area contributed by atoms with Gasteiger partial charge in [-0.15, -0.1) is 0 Å². The number of aliphatic hydroxyl groups excluding tert-OH is 1.